The Balaban J connectivity index is 0.00000243. The first-order valence-corrected chi connectivity index (χ1v) is 9.12. The van der Waals surface area contributed by atoms with Gasteiger partial charge in [0.25, 0.3) is 5.91 Å². The van der Waals surface area contributed by atoms with Gasteiger partial charge in [-0.15, -0.1) is 12.4 Å². The zero-order chi connectivity index (χ0) is 17.6. The van der Waals surface area contributed by atoms with Gasteiger partial charge in [-0.2, -0.15) is 0 Å². The largest absolute Gasteiger partial charge is 0.329 e. The Kier molecular flexibility index (Phi) is 7.50. The first-order chi connectivity index (χ1) is 12.1. The van der Waals surface area contributed by atoms with Gasteiger partial charge in [-0.05, 0) is 50.6 Å². The number of nitrogens with zero attached hydrogens (tertiary/aromatic N) is 3. The summed E-state index contributed by atoms with van der Waals surface area (Å²) in [6.45, 7) is 2.23. The van der Waals surface area contributed by atoms with E-state index in [0.29, 0.717) is 11.4 Å². The molecule has 0 aliphatic carbocycles. The molecule has 0 saturated carbocycles. The number of amides is 1. The van der Waals surface area contributed by atoms with Crippen molar-refractivity contribution in [3.8, 4) is 0 Å². The van der Waals surface area contributed by atoms with Crippen LogP contribution in [0.1, 0.15) is 34.6 Å². The molecule has 140 valence electrons. The maximum absolute atomic E-state index is 13.1. The predicted molar refractivity (Wildman–Crippen MR) is 103 cm³/mol. The van der Waals surface area contributed by atoms with Gasteiger partial charge in [0.1, 0.15) is 0 Å². The van der Waals surface area contributed by atoms with Crippen molar-refractivity contribution in [1.82, 2.24) is 15.2 Å². The van der Waals surface area contributed by atoms with Crippen LogP contribution in [0.4, 0.5) is 5.00 Å². The van der Waals surface area contributed by atoms with Crippen molar-refractivity contribution < 1.29 is 9.72 Å². The van der Waals surface area contributed by atoms with Crippen LogP contribution in [0, 0.1) is 10.1 Å². The molecule has 1 fully saturated rings. The fourth-order valence-corrected chi connectivity index (χ4v) is 3.80. The van der Waals surface area contributed by atoms with Gasteiger partial charge in [0.05, 0.1) is 22.0 Å². The van der Waals surface area contributed by atoms with Crippen LogP contribution in [0.5, 0.6) is 0 Å². The van der Waals surface area contributed by atoms with E-state index in [9.17, 15) is 14.9 Å². The molecule has 1 amide bonds. The molecular weight excluding hydrogens is 376 g/mol. The van der Waals surface area contributed by atoms with Crippen molar-refractivity contribution in [3.63, 3.8) is 0 Å². The molecule has 26 heavy (non-hydrogen) atoms. The van der Waals surface area contributed by atoms with E-state index < -0.39 is 4.92 Å². The number of nitro groups is 1. The molecule has 3 heterocycles. The molecule has 0 aromatic carbocycles. The van der Waals surface area contributed by atoms with Crippen molar-refractivity contribution in [3.05, 3.63) is 57.2 Å². The lowest BCUT2D eigenvalue weighted by Crippen LogP contribution is -2.40. The molecule has 0 bridgehead atoms. The molecule has 2 aromatic rings. The summed E-state index contributed by atoms with van der Waals surface area (Å²) in [4.78, 5) is 30.1. The molecule has 7 nitrogen and oxygen atoms in total. The summed E-state index contributed by atoms with van der Waals surface area (Å²) in [5.41, 5.74) is 0.819. The van der Waals surface area contributed by atoms with Gasteiger partial charge in [0.2, 0.25) is 0 Å². The molecule has 1 unspecified atom stereocenters. The monoisotopic (exact) mass is 396 g/mol. The number of pyridine rings is 1. The van der Waals surface area contributed by atoms with Crippen LogP contribution >= 0.6 is 23.7 Å². The van der Waals surface area contributed by atoms with E-state index in [1.54, 1.807) is 12.3 Å². The Morgan fingerprint density at radius 2 is 2.15 bits per heavy atom. The molecular formula is C17H21ClN4O3S. The Morgan fingerprint density at radius 1 is 1.31 bits per heavy atom. The Labute approximate surface area is 162 Å². The summed E-state index contributed by atoms with van der Waals surface area (Å²) in [6.07, 6.45) is 4.49. The van der Waals surface area contributed by atoms with E-state index in [0.717, 1.165) is 49.4 Å². The smallest absolute Gasteiger partial charge is 0.324 e. The van der Waals surface area contributed by atoms with Crippen LogP contribution in [-0.4, -0.2) is 39.8 Å². The molecule has 9 heteroatoms. The maximum atomic E-state index is 13.1. The number of nitrogens with one attached hydrogen (secondary N) is 1. The molecule has 1 N–H and O–H groups in total. The van der Waals surface area contributed by atoms with E-state index in [1.807, 2.05) is 23.1 Å². The van der Waals surface area contributed by atoms with Crippen LogP contribution in [0.25, 0.3) is 0 Å². The van der Waals surface area contributed by atoms with Crippen LogP contribution in [0.2, 0.25) is 0 Å². The van der Waals surface area contributed by atoms with Gasteiger partial charge in [-0.25, -0.2) is 0 Å². The second-order valence-corrected chi connectivity index (χ2v) is 7.05. The quantitative estimate of drug-likeness (QED) is 0.619. The number of thiophene rings is 1. The average Bonchev–Trinajstić information content (AvgIpc) is 2.97. The van der Waals surface area contributed by atoms with Crippen LogP contribution in [-0.2, 0) is 6.54 Å². The maximum Gasteiger partial charge on any atom is 0.324 e. The topological polar surface area (TPSA) is 88.4 Å². The number of halogens is 1. The van der Waals surface area contributed by atoms with Crippen molar-refractivity contribution in [2.75, 3.05) is 13.1 Å². The first kappa shape index (κ1) is 20.3. The third kappa shape index (κ3) is 5.00. The second-order valence-electron chi connectivity index (χ2n) is 5.98. The van der Waals surface area contributed by atoms with Crippen molar-refractivity contribution in [2.24, 2.45) is 0 Å². The minimum Gasteiger partial charge on any atom is -0.329 e. The summed E-state index contributed by atoms with van der Waals surface area (Å²) >= 11 is 0.931. The van der Waals surface area contributed by atoms with E-state index in [2.05, 4.69) is 10.3 Å². The molecule has 1 aliphatic rings. The summed E-state index contributed by atoms with van der Waals surface area (Å²) in [7, 11) is 0. The zero-order valence-corrected chi connectivity index (χ0v) is 15.8. The van der Waals surface area contributed by atoms with Crippen molar-refractivity contribution in [1.29, 1.82) is 0 Å². The van der Waals surface area contributed by atoms with Gasteiger partial charge in [-0.3, -0.25) is 19.9 Å². The molecule has 3 rings (SSSR count). The number of carbonyl (C=O) groups excluding carboxylic acids is 1. The zero-order valence-electron chi connectivity index (χ0n) is 14.2. The summed E-state index contributed by atoms with van der Waals surface area (Å²) in [5.74, 6) is -0.157. The number of hydrogen-bond donors (Lipinski definition) is 1. The van der Waals surface area contributed by atoms with E-state index >= 15 is 0 Å². The highest BCUT2D eigenvalue weighted by Gasteiger charge is 2.28. The highest BCUT2D eigenvalue weighted by atomic mass is 35.5. The van der Waals surface area contributed by atoms with Gasteiger partial charge >= 0.3 is 5.00 Å². The fraction of sp³-hybridized carbons (Fsp3) is 0.412. The minimum atomic E-state index is -0.458. The van der Waals surface area contributed by atoms with E-state index in [-0.39, 0.29) is 29.4 Å². The Hall–Kier alpha value is -2.03. The summed E-state index contributed by atoms with van der Waals surface area (Å²) in [6, 6.07) is 8.68. The standard InChI is InChI=1S/C17H20N4O3S.ClH/c22-17(15-6-7-16(25-15)21(23)24)20(12-13-4-1-2-10-19-13)14-5-3-9-18-11-8-14;/h1-2,4,6-7,10,14,18H,3,5,8-9,11-12H2;1H. The lowest BCUT2D eigenvalue weighted by atomic mass is 10.1. The van der Waals surface area contributed by atoms with E-state index in [4.69, 9.17) is 0 Å². The normalized spacial score (nSPS) is 17.0. The molecule has 1 atom stereocenters. The fourth-order valence-electron chi connectivity index (χ4n) is 3.03. The Bertz CT molecular complexity index is 733. The lowest BCUT2D eigenvalue weighted by Gasteiger charge is -2.30. The molecule has 1 aliphatic heterocycles. The third-order valence-corrected chi connectivity index (χ3v) is 5.31. The number of aromatic nitrogens is 1. The van der Waals surface area contributed by atoms with Crippen molar-refractivity contribution >= 4 is 34.7 Å². The number of carbonyl (C=O) groups is 1. The average molecular weight is 397 g/mol. The highest BCUT2D eigenvalue weighted by Crippen LogP contribution is 2.27. The van der Waals surface area contributed by atoms with Crippen LogP contribution < -0.4 is 5.32 Å². The van der Waals surface area contributed by atoms with Gasteiger partial charge in [0.15, 0.2) is 0 Å². The third-order valence-electron chi connectivity index (χ3n) is 4.29. The SMILES string of the molecule is Cl.O=C(c1ccc([N+](=O)[O-])s1)N(Cc1ccccn1)C1CCCNCC1. The molecule has 0 radical (unpaired) electrons. The summed E-state index contributed by atoms with van der Waals surface area (Å²) < 4.78 is 0. The number of rotatable bonds is 5. The van der Waals surface area contributed by atoms with Crippen LogP contribution in [0.3, 0.4) is 0 Å². The minimum absolute atomic E-state index is 0. The summed E-state index contributed by atoms with van der Waals surface area (Å²) in [5, 5.41) is 14.3. The predicted octanol–water partition coefficient (Wildman–Crippen LogP) is 3.26. The van der Waals surface area contributed by atoms with Gasteiger partial charge in [0, 0.05) is 18.3 Å². The van der Waals surface area contributed by atoms with Crippen LogP contribution in [0.15, 0.2) is 36.5 Å². The second kappa shape index (κ2) is 9.61. The Morgan fingerprint density at radius 3 is 2.85 bits per heavy atom. The van der Waals surface area contributed by atoms with E-state index in [1.165, 1.54) is 6.07 Å². The van der Waals surface area contributed by atoms with Gasteiger partial charge in [-0.1, -0.05) is 17.4 Å². The molecule has 0 spiro atoms. The van der Waals surface area contributed by atoms with Gasteiger partial charge < -0.3 is 10.2 Å². The highest BCUT2D eigenvalue weighted by molar-refractivity contribution is 7.17. The number of hydrogen-bond acceptors (Lipinski definition) is 6. The molecule has 1 saturated heterocycles. The van der Waals surface area contributed by atoms with Crippen molar-refractivity contribution in [2.45, 2.75) is 31.8 Å². The first-order valence-electron chi connectivity index (χ1n) is 8.31. The lowest BCUT2D eigenvalue weighted by molar-refractivity contribution is -0.380. The molecule has 2 aromatic heterocycles.